The summed E-state index contributed by atoms with van der Waals surface area (Å²) in [4.78, 5) is 6.94. The number of hydrogen-bond acceptors (Lipinski definition) is 3. The molecule has 20 heavy (non-hydrogen) atoms. The van der Waals surface area contributed by atoms with Gasteiger partial charge in [-0.2, -0.15) is 0 Å². The van der Waals surface area contributed by atoms with Crippen LogP contribution in [-0.4, -0.2) is 36.6 Å². The quantitative estimate of drug-likeness (QED) is 0.875. The van der Waals surface area contributed by atoms with E-state index in [0.717, 1.165) is 24.3 Å². The number of para-hydroxylation sites is 1. The molecule has 0 saturated carbocycles. The maximum Gasteiger partial charge on any atom is 0.0705 e. The highest BCUT2D eigenvalue weighted by Crippen LogP contribution is 2.12. The Labute approximate surface area is 122 Å². The second kappa shape index (κ2) is 6.82. The van der Waals surface area contributed by atoms with Crippen LogP contribution in [0.1, 0.15) is 19.5 Å². The third kappa shape index (κ3) is 4.02. The van der Waals surface area contributed by atoms with Gasteiger partial charge in [0.2, 0.25) is 0 Å². The fourth-order valence-electron chi connectivity index (χ4n) is 2.35. The lowest BCUT2D eigenvalue weighted by Crippen LogP contribution is -2.41. The zero-order valence-electron chi connectivity index (χ0n) is 12.9. The Kier molecular flexibility index (Phi) is 5.10. The molecule has 0 amide bonds. The first-order chi connectivity index (χ1) is 9.56. The molecule has 0 aliphatic carbocycles. The van der Waals surface area contributed by atoms with Crippen molar-refractivity contribution in [2.24, 2.45) is 5.92 Å². The summed E-state index contributed by atoms with van der Waals surface area (Å²) in [7, 11) is 4.23. The molecule has 0 bridgehead atoms. The zero-order valence-corrected chi connectivity index (χ0v) is 12.9. The molecule has 1 aromatic carbocycles. The molecule has 0 radical (unpaired) electrons. The predicted molar refractivity (Wildman–Crippen MR) is 85.8 cm³/mol. The lowest BCUT2D eigenvalue weighted by molar-refractivity contribution is 0.287. The van der Waals surface area contributed by atoms with Crippen LogP contribution in [0.15, 0.2) is 36.4 Å². The van der Waals surface area contributed by atoms with Gasteiger partial charge in [0.15, 0.2) is 0 Å². The standard InChI is InChI=1S/C17H25N3/c1-13(2)17(12-20(3)4)18-11-15-10-9-14-7-5-6-8-16(14)19-15/h5-10,13,17-18H,11-12H2,1-4H3. The molecule has 0 spiro atoms. The van der Waals surface area contributed by atoms with Gasteiger partial charge < -0.3 is 10.2 Å². The van der Waals surface area contributed by atoms with Gasteiger partial charge in [0, 0.05) is 24.5 Å². The van der Waals surface area contributed by atoms with Gasteiger partial charge in [0.05, 0.1) is 11.2 Å². The molecule has 108 valence electrons. The van der Waals surface area contributed by atoms with Gasteiger partial charge in [-0.25, -0.2) is 0 Å². The topological polar surface area (TPSA) is 28.2 Å². The van der Waals surface area contributed by atoms with Crippen molar-refractivity contribution in [2.75, 3.05) is 20.6 Å². The van der Waals surface area contributed by atoms with Crippen LogP contribution in [0, 0.1) is 5.92 Å². The highest BCUT2D eigenvalue weighted by Gasteiger charge is 2.13. The molecule has 1 atom stereocenters. The minimum absolute atomic E-state index is 0.485. The van der Waals surface area contributed by atoms with Crippen molar-refractivity contribution >= 4 is 10.9 Å². The number of nitrogens with one attached hydrogen (secondary N) is 1. The lowest BCUT2D eigenvalue weighted by atomic mass is 10.0. The largest absolute Gasteiger partial charge is 0.308 e. The summed E-state index contributed by atoms with van der Waals surface area (Å²) in [5, 5.41) is 4.83. The second-order valence-corrected chi connectivity index (χ2v) is 5.99. The Bertz CT molecular complexity index is 549. The van der Waals surface area contributed by atoms with E-state index in [4.69, 9.17) is 4.98 Å². The van der Waals surface area contributed by atoms with E-state index in [-0.39, 0.29) is 0 Å². The molecule has 0 aliphatic rings. The molecule has 2 rings (SSSR count). The number of fused-ring (bicyclic) bond motifs is 1. The highest BCUT2D eigenvalue weighted by molar-refractivity contribution is 5.78. The Balaban J connectivity index is 2.03. The summed E-state index contributed by atoms with van der Waals surface area (Å²) < 4.78 is 0. The number of rotatable bonds is 6. The predicted octanol–water partition coefficient (Wildman–Crippen LogP) is 2.91. The Morgan fingerprint density at radius 2 is 1.85 bits per heavy atom. The van der Waals surface area contributed by atoms with Crippen LogP contribution in [0.5, 0.6) is 0 Å². The minimum atomic E-state index is 0.485. The Hall–Kier alpha value is -1.45. The molecule has 2 aromatic rings. The molecule has 1 aromatic heterocycles. The Morgan fingerprint density at radius 3 is 2.55 bits per heavy atom. The van der Waals surface area contributed by atoms with Crippen molar-refractivity contribution in [3.63, 3.8) is 0 Å². The fraction of sp³-hybridized carbons (Fsp3) is 0.471. The summed E-state index contributed by atoms with van der Waals surface area (Å²) in [6.07, 6.45) is 0. The summed E-state index contributed by atoms with van der Waals surface area (Å²) in [6.45, 7) is 6.39. The van der Waals surface area contributed by atoms with E-state index < -0.39 is 0 Å². The average Bonchev–Trinajstić information content (AvgIpc) is 2.42. The van der Waals surface area contributed by atoms with E-state index in [1.807, 2.05) is 12.1 Å². The van der Waals surface area contributed by atoms with E-state index in [1.54, 1.807) is 0 Å². The monoisotopic (exact) mass is 271 g/mol. The van der Waals surface area contributed by atoms with Gasteiger partial charge in [0.1, 0.15) is 0 Å². The summed E-state index contributed by atoms with van der Waals surface area (Å²) in [5.74, 6) is 0.609. The van der Waals surface area contributed by atoms with Crippen molar-refractivity contribution < 1.29 is 0 Å². The normalized spacial score (nSPS) is 13.3. The molecule has 0 saturated heterocycles. The maximum atomic E-state index is 4.71. The summed E-state index contributed by atoms with van der Waals surface area (Å²) in [6, 6.07) is 13.0. The van der Waals surface area contributed by atoms with Crippen LogP contribution in [0.4, 0.5) is 0 Å². The van der Waals surface area contributed by atoms with Crippen LogP contribution in [0.3, 0.4) is 0 Å². The van der Waals surface area contributed by atoms with Crippen molar-refractivity contribution in [2.45, 2.75) is 26.4 Å². The maximum absolute atomic E-state index is 4.71. The first-order valence-corrected chi connectivity index (χ1v) is 7.29. The average molecular weight is 271 g/mol. The molecule has 0 aliphatic heterocycles. The van der Waals surface area contributed by atoms with E-state index in [2.05, 4.69) is 62.4 Å². The van der Waals surface area contributed by atoms with E-state index in [9.17, 15) is 0 Å². The van der Waals surface area contributed by atoms with E-state index in [1.165, 1.54) is 5.39 Å². The molecule has 1 unspecified atom stereocenters. The molecule has 0 fully saturated rings. The van der Waals surface area contributed by atoms with Crippen molar-refractivity contribution in [1.29, 1.82) is 0 Å². The minimum Gasteiger partial charge on any atom is -0.308 e. The smallest absolute Gasteiger partial charge is 0.0705 e. The summed E-state index contributed by atoms with van der Waals surface area (Å²) in [5.41, 5.74) is 2.17. The van der Waals surface area contributed by atoms with Gasteiger partial charge >= 0.3 is 0 Å². The number of likely N-dealkylation sites (N-methyl/N-ethyl adjacent to an activating group) is 1. The lowest BCUT2D eigenvalue weighted by Gasteiger charge is -2.25. The number of nitrogens with zero attached hydrogens (tertiary/aromatic N) is 2. The third-order valence-corrected chi connectivity index (χ3v) is 3.57. The number of aromatic nitrogens is 1. The van der Waals surface area contributed by atoms with Crippen molar-refractivity contribution in [1.82, 2.24) is 15.2 Å². The highest BCUT2D eigenvalue weighted by atomic mass is 15.1. The van der Waals surface area contributed by atoms with E-state index in [0.29, 0.717) is 12.0 Å². The van der Waals surface area contributed by atoms with Crippen LogP contribution in [0.2, 0.25) is 0 Å². The molecule has 1 N–H and O–H groups in total. The van der Waals surface area contributed by atoms with E-state index >= 15 is 0 Å². The van der Waals surface area contributed by atoms with Crippen LogP contribution < -0.4 is 5.32 Å². The molecular weight excluding hydrogens is 246 g/mol. The SMILES string of the molecule is CC(C)C(CN(C)C)NCc1ccc2ccccc2n1. The zero-order chi connectivity index (χ0) is 14.5. The fourth-order valence-corrected chi connectivity index (χ4v) is 2.35. The molecule has 3 nitrogen and oxygen atoms in total. The second-order valence-electron chi connectivity index (χ2n) is 5.99. The van der Waals surface area contributed by atoms with Crippen LogP contribution in [-0.2, 0) is 6.54 Å². The van der Waals surface area contributed by atoms with Crippen LogP contribution in [0.25, 0.3) is 10.9 Å². The summed E-state index contributed by atoms with van der Waals surface area (Å²) >= 11 is 0. The number of benzene rings is 1. The van der Waals surface area contributed by atoms with Gasteiger partial charge in [-0.05, 0) is 32.1 Å². The molecule has 1 heterocycles. The van der Waals surface area contributed by atoms with Gasteiger partial charge in [-0.1, -0.05) is 38.1 Å². The van der Waals surface area contributed by atoms with Crippen molar-refractivity contribution in [3.05, 3.63) is 42.1 Å². The van der Waals surface area contributed by atoms with Crippen LogP contribution >= 0.6 is 0 Å². The first kappa shape index (κ1) is 14.9. The third-order valence-electron chi connectivity index (χ3n) is 3.57. The Morgan fingerprint density at radius 1 is 1.10 bits per heavy atom. The molecular formula is C17H25N3. The number of hydrogen-bond donors (Lipinski definition) is 1. The first-order valence-electron chi connectivity index (χ1n) is 7.29. The van der Waals surface area contributed by atoms with Gasteiger partial charge in [-0.15, -0.1) is 0 Å². The molecule has 3 heteroatoms. The van der Waals surface area contributed by atoms with Gasteiger partial charge in [0.25, 0.3) is 0 Å². The van der Waals surface area contributed by atoms with Gasteiger partial charge in [-0.3, -0.25) is 4.98 Å². The van der Waals surface area contributed by atoms with Crippen molar-refractivity contribution in [3.8, 4) is 0 Å². The number of pyridine rings is 1.